The van der Waals surface area contributed by atoms with E-state index < -0.39 is 0 Å². The third-order valence-electron chi connectivity index (χ3n) is 3.15. The predicted octanol–water partition coefficient (Wildman–Crippen LogP) is 3.69. The van der Waals surface area contributed by atoms with Crippen LogP contribution in [-0.2, 0) is 4.79 Å². The number of carbonyl (C=O) groups is 1. The molecule has 6 nitrogen and oxygen atoms in total. The van der Waals surface area contributed by atoms with E-state index in [2.05, 4.69) is 21.4 Å². The number of ether oxygens (including phenoxy) is 1. The Balaban J connectivity index is 1.64. The number of amides is 1. The molecule has 3 rings (SSSR count). The van der Waals surface area contributed by atoms with Crippen LogP contribution in [0.25, 0.3) is 10.2 Å². The number of hydrogen-bond donors (Lipinski definition) is 1. The molecule has 25 heavy (non-hydrogen) atoms. The predicted molar refractivity (Wildman–Crippen MR) is 99.1 cm³/mol. The molecule has 2 heterocycles. The van der Waals surface area contributed by atoms with Gasteiger partial charge >= 0.3 is 0 Å². The van der Waals surface area contributed by atoms with Crippen molar-refractivity contribution >= 4 is 44.4 Å². The number of hydrogen-bond acceptors (Lipinski definition) is 7. The number of fused-ring (bicyclic) bond motifs is 1. The lowest BCUT2D eigenvalue weighted by atomic mass is 10.3. The highest BCUT2D eigenvalue weighted by atomic mass is 32.2. The minimum Gasteiger partial charge on any atom is -0.494 e. The van der Waals surface area contributed by atoms with Crippen molar-refractivity contribution in [2.24, 2.45) is 0 Å². The molecule has 0 bridgehead atoms. The molecule has 0 aliphatic carbocycles. The molecule has 1 amide bonds. The van der Waals surface area contributed by atoms with E-state index in [0.717, 1.165) is 16.0 Å². The summed E-state index contributed by atoms with van der Waals surface area (Å²) in [5, 5.41) is 12.9. The third-order valence-corrected chi connectivity index (χ3v) is 5.11. The number of benzene rings is 1. The van der Waals surface area contributed by atoms with Crippen molar-refractivity contribution in [1.29, 1.82) is 5.26 Å². The van der Waals surface area contributed by atoms with Crippen LogP contribution in [0.4, 0.5) is 5.13 Å². The number of rotatable bonds is 6. The largest absolute Gasteiger partial charge is 0.494 e. The summed E-state index contributed by atoms with van der Waals surface area (Å²) in [6.07, 6.45) is 1.60. The second kappa shape index (κ2) is 7.96. The van der Waals surface area contributed by atoms with Gasteiger partial charge in [0.15, 0.2) is 5.13 Å². The molecule has 8 heteroatoms. The van der Waals surface area contributed by atoms with Crippen LogP contribution >= 0.6 is 23.1 Å². The van der Waals surface area contributed by atoms with E-state index in [1.54, 1.807) is 18.3 Å². The minimum absolute atomic E-state index is 0.159. The molecule has 126 valence electrons. The molecule has 0 aliphatic rings. The van der Waals surface area contributed by atoms with E-state index in [4.69, 9.17) is 10.00 Å². The number of nitrogens with one attached hydrogen (secondary N) is 1. The molecule has 0 spiro atoms. The topological polar surface area (TPSA) is 87.9 Å². The Hall–Kier alpha value is -2.63. The number of anilines is 1. The molecule has 0 fully saturated rings. The van der Waals surface area contributed by atoms with Crippen LogP contribution in [-0.4, -0.2) is 28.2 Å². The van der Waals surface area contributed by atoms with Crippen LogP contribution in [0.5, 0.6) is 5.75 Å². The maximum absolute atomic E-state index is 12.1. The van der Waals surface area contributed by atoms with E-state index >= 15 is 0 Å². The van der Waals surface area contributed by atoms with Gasteiger partial charge in [-0.1, -0.05) is 23.1 Å². The van der Waals surface area contributed by atoms with Crippen LogP contribution in [0.3, 0.4) is 0 Å². The number of aromatic nitrogens is 2. The van der Waals surface area contributed by atoms with Crippen LogP contribution in [0.15, 0.2) is 41.6 Å². The molecule has 0 radical (unpaired) electrons. The third kappa shape index (κ3) is 4.26. The molecule has 0 unspecified atom stereocenters. The number of thiazole rings is 1. The lowest BCUT2D eigenvalue weighted by molar-refractivity contribution is -0.113. The van der Waals surface area contributed by atoms with Gasteiger partial charge in [0.2, 0.25) is 5.91 Å². The average molecular weight is 370 g/mol. The van der Waals surface area contributed by atoms with E-state index in [1.165, 1.54) is 23.1 Å². The van der Waals surface area contributed by atoms with Gasteiger partial charge in [0, 0.05) is 12.3 Å². The Kier molecular flexibility index (Phi) is 5.48. The van der Waals surface area contributed by atoms with E-state index in [-0.39, 0.29) is 11.7 Å². The summed E-state index contributed by atoms with van der Waals surface area (Å²) < 4.78 is 6.43. The van der Waals surface area contributed by atoms with Crippen LogP contribution < -0.4 is 10.1 Å². The first-order valence-corrected chi connectivity index (χ1v) is 9.31. The summed E-state index contributed by atoms with van der Waals surface area (Å²) in [6, 6.07) is 11.1. The smallest absolute Gasteiger partial charge is 0.236 e. The fourth-order valence-electron chi connectivity index (χ4n) is 2.10. The van der Waals surface area contributed by atoms with Crippen LogP contribution in [0.2, 0.25) is 0 Å². The van der Waals surface area contributed by atoms with Gasteiger partial charge in [-0.2, -0.15) is 5.26 Å². The van der Waals surface area contributed by atoms with Gasteiger partial charge in [-0.05, 0) is 31.2 Å². The highest BCUT2D eigenvalue weighted by Crippen LogP contribution is 2.29. The van der Waals surface area contributed by atoms with E-state index in [0.29, 0.717) is 22.3 Å². The summed E-state index contributed by atoms with van der Waals surface area (Å²) in [5.41, 5.74) is 1.25. The quantitative estimate of drug-likeness (QED) is 0.666. The maximum Gasteiger partial charge on any atom is 0.236 e. The summed E-state index contributed by atoms with van der Waals surface area (Å²) in [5.74, 6) is 0.725. The van der Waals surface area contributed by atoms with Crippen molar-refractivity contribution in [2.45, 2.75) is 11.9 Å². The minimum atomic E-state index is -0.191. The standard InChI is InChI=1S/C17H14N4O2S2/c1-2-23-12-5-6-14-13(8-12)20-17(25-14)21-15(22)10-24-16-11(9-18)4-3-7-19-16/h3-8H,2,10H2,1H3,(H,20,21,22). The molecule has 0 saturated carbocycles. The first kappa shape index (κ1) is 17.2. The Morgan fingerprint density at radius 1 is 1.44 bits per heavy atom. The van der Waals surface area contributed by atoms with Crippen molar-refractivity contribution in [3.8, 4) is 11.8 Å². The molecular formula is C17H14N4O2S2. The second-order valence-electron chi connectivity index (χ2n) is 4.89. The van der Waals surface area contributed by atoms with Crippen molar-refractivity contribution in [2.75, 3.05) is 17.7 Å². The molecule has 0 aliphatic heterocycles. The van der Waals surface area contributed by atoms with Gasteiger partial charge in [0.1, 0.15) is 16.8 Å². The molecule has 1 aromatic carbocycles. The average Bonchev–Trinajstić information content (AvgIpc) is 3.02. The molecule has 0 atom stereocenters. The number of carbonyl (C=O) groups excluding carboxylic acids is 1. The molecule has 1 N–H and O–H groups in total. The van der Waals surface area contributed by atoms with E-state index in [1.807, 2.05) is 25.1 Å². The van der Waals surface area contributed by atoms with Gasteiger partial charge in [0.25, 0.3) is 0 Å². The summed E-state index contributed by atoms with van der Waals surface area (Å²) >= 11 is 2.63. The van der Waals surface area contributed by atoms with Gasteiger partial charge in [-0.25, -0.2) is 9.97 Å². The fraction of sp³-hybridized carbons (Fsp3) is 0.176. The number of nitriles is 1. The summed E-state index contributed by atoms with van der Waals surface area (Å²) in [6.45, 7) is 2.52. The van der Waals surface area contributed by atoms with Crippen molar-refractivity contribution in [1.82, 2.24) is 9.97 Å². The highest BCUT2D eigenvalue weighted by Gasteiger charge is 2.11. The van der Waals surface area contributed by atoms with Crippen molar-refractivity contribution in [3.63, 3.8) is 0 Å². The number of nitrogens with zero attached hydrogens (tertiary/aromatic N) is 3. The lowest BCUT2D eigenvalue weighted by Gasteiger charge is -2.02. The first-order chi connectivity index (χ1) is 12.2. The normalized spacial score (nSPS) is 10.4. The Bertz CT molecular complexity index is 949. The zero-order valence-corrected chi connectivity index (χ0v) is 15.0. The van der Waals surface area contributed by atoms with Crippen molar-refractivity contribution in [3.05, 3.63) is 42.1 Å². The zero-order chi connectivity index (χ0) is 17.6. The van der Waals surface area contributed by atoms with Gasteiger partial charge in [0.05, 0.1) is 28.1 Å². The summed E-state index contributed by atoms with van der Waals surface area (Å²) in [4.78, 5) is 20.7. The summed E-state index contributed by atoms with van der Waals surface area (Å²) in [7, 11) is 0. The molecule has 3 aromatic rings. The maximum atomic E-state index is 12.1. The van der Waals surface area contributed by atoms with Gasteiger partial charge in [-0.15, -0.1) is 0 Å². The highest BCUT2D eigenvalue weighted by molar-refractivity contribution is 8.00. The molecular weight excluding hydrogens is 356 g/mol. The molecule has 0 saturated heterocycles. The number of pyridine rings is 1. The monoisotopic (exact) mass is 370 g/mol. The van der Waals surface area contributed by atoms with Crippen molar-refractivity contribution < 1.29 is 9.53 Å². The lowest BCUT2D eigenvalue weighted by Crippen LogP contribution is -2.14. The first-order valence-electron chi connectivity index (χ1n) is 7.50. The zero-order valence-electron chi connectivity index (χ0n) is 13.4. The molecule has 2 aromatic heterocycles. The fourth-order valence-corrected chi connectivity index (χ4v) is 3.70. The SMILES string of the molecule is CCOc1ccc2sc(NC(=O)CSc3ncccc3C#N)nc2c1. The van der Waals surface area contributed by atoms with Gasteiger partial charge in [-0.3, -0.25) is 4.79 Å². The second-order valence-corrected chi connectivity index (χ2v) is 6.88. The Labute approximate surface area is 152 Å². The Morgan fingerprint density at radius 2 is 2.32 bits per heavy atom. The Morgan fingerprint density at radius 3 is 3.12 bits per heavy atom. The van der Waals surface area contributed by atoms with Crippen LogP contribution in [0.1, 0.15) is 12.5 Å². The number of thioether (sulfide) groups is 1. The van der Waals surface area contributed by atoms with E-state index in [9.17, 15) is 4.79 Å². The van der Waals surface area contributed by atoms with Crippen LogP contribution in [0, 0.1) is 11.3 Å². The van der Waals surface area contributed by atoms with Gasteiger partial charge < -0.3 is 10.1 Å².